The Morgan fingerprint density at radius 2 is 1.64 bits per heavy atom. The minimum Gasteiger partial charge on any atom is -0.481 e. The summed E-state index contributed by atoms with van der Waals surface area (Å²) in [4.78, 5) is 29.4. The van der Waals surface area contributed by atoms with E-state index in [0.29, 0.717) is 37.4 Å². The van der Waals surface area contributed by atoms with Crippen LogP contribution in [0.5, 0.6) is 0 Å². The van der Waals surface area contributed by atoms with Gasteiger partial charge in [-0.15, -0.1) is 0 Å². The van der Waals surface area contributed by atoms with Crippen LogP contribution in [0.1, 0.15) is 58.9 Å². The van der Waals surface area contributed by atoms with Crippen molar-refractivity contribution in [2.75, 3.05) is 6.54 Å². The summed E-state index contributed by atoms with van der Waals surface area (Å²) >= 11 is 11.9. The lowest BCUT2D eigenvalue weighted by Crippen LogP contribution is -2.40. The molecule has 3 aromatic rings. The quantitative estimate of drug-likeness (QED) is 0.308. The van der Waals surface area contributed by atoms with Gasteiger partial charge in [-0.05, 0) is 50.3 Å². The predicted molar refractivity (Wildman–Crippen MR) is 135 cm³/mol. The molecule has 1 aliphatic carbocycles. The maximum atomic E-state index is 15.6. The number of carbonyl (C=O) groups excluding carboxylic acids is 1. The molecule has 1 aliphatic rings. The van der Waals surface area contributed by atoms with Gasteiger partial charge in [0.2, 0.25) is 0 Å². The van der Waals surface area contributed by atoms with E-state index in [0.717, 1.165) is 29.4 Å². The number of aromatic nitrogens is 3. The molecule has 1 fully saturated rings. The van der Waals surface area contributed by atoms with Crippen molar-refractivity contribution >= 4 is 35.1 Å². The first-order valence-electron chi connectivity index (χ1n) is 12.1. The van der Waals surface area contributed by atoms with Crippen molar-refractivity contribution in [1.82, 2.24) is 19.7 Å². The predicted octanol–water partition coefficient (Wildman–Crippen LogP) is 6.42. The third-order valence-corrected chi connectivity index (χ3v) is 7.43. The van der Waals surface area contributed by atoms with Crippen LogP contribution in [0.2, 0.25) is 10.0 Å². The molecule has 4 rings (SSSR count). The molecule has 2 aromatic heterocycles. The lowest BCUT2D eigenvalue weighted by atomic mass is 9.86. The number of halogens is 6. The van der Waals surface area contributed by atoms with Crippen molar-refractivity contribution in [3.8, 4) is 0 Å². The Bertz CT molecular complexity index is 1350. The summed E-state index contributed by atoms with van der Waals surface area (Å²) in [6.07, 6.45) is 5.19. The van der Waals surface area contributed by atoms with E-state index in [4.69, 9.17) is 23.2 Å². The number of rotatable bonds is 8. The summed E-state index contributed by atoms with van der Waals surface area (Å²) in [5.74, 6) is -7.76. The third kappa shape index (κ3) is 6.36. The SMILES string of the molecule is Cc1c(C(=O)N(Cc2cc(F)cc(F)c2)CC(F)(F)c2c(Cl)cncc2Cl)cnn1C1CCC(C(=O)O)CC1. The minimum atomic E-state index is -3.75. The van der Waals surface area contributed by atoms with E-state index in [1.54, 1.807) is 11.6 Å². The molecule has 7 nitrogen and oxygen atoms in total. The summed E-state index contributed by atoms with van der Waals surface area (Å²) < 4.78 is 60.5. The van der Waals surface area contributed by atoms with Gasteiger partial charge in [0.1, 0.15) is 11.6 Å². The summed E-state index contributed by atoms with van der Waals surface area (Å²) in [7, 11) is 0. The van der Waals surface area contributed by atoms with Gasteiger partial charge in [-0.25, -0.2) is 8.78 Å². The molecule has 0 unspecified atom stereocenters. The van der Waals surface area contributed by atoms with Crippen molar-refractivity contribution in [2.24, 2.45) is 5.92 Å². The van der Waals surface area contributed by atoms with Gasteiger partial charge >= 0.3 is 5.97 Å². The maximum Gasteiger partial charge on any atom is 0.306 e. The smallest absolute Gasteiger partial charge is 0.306 e. The summed E-state index contributed by atoms with van der Waals surface area (Å²) in [6, 6.07) is 2.37. The van der Waals surface area contributed by atoms with E-state index in [1.165, 1.54) is 6.20 Å². The molecule has 0 radical (unpaired) electrons. The zero-order valence-corrected chi connectivity index (χ0v) is 22.2. The van der Waals surface area contributed by atoms with Gasteiger partial charge in [0.15, 0.2) is 0 Å². The van der Waals surface area contributed by atoms with Crippen molar-refractivity contribution < 1.29 is 32.3 Å². The van der Waals surface area contributed by atoms with Crippen LogP contribution in [-0.2, 0) is 17.3 Å². The molecule has 39 heavy (non-hydrogen) atoms. The van der Waals surface area contributed by atoms with E-state index in [2.05, 4.69) is 10.1 Å². The molecule has 13 heteroatoms. The van der Waals surface area contributed by atoms with Crippen molar-refractivity contribution in [1.29, 1.82) is 0 Å². The van der Waals surface area contributed by atoms with Crippen molar-refractivity contribution in [3.05, 3.63) is 80.9 Å². The lowest BCUT2D eigenvalue weighted by Gasteiger charge is -2.29. The van der Waals surface area contributed by atoms with E-state index < -0.39 is 64.0 Å². The number of aliphatic carboxylic acids is 1. The highest BCUT2D eigenvalue weighted by Gasteiger charge is 2.40. The van der Waals surface area contributed by atoms with Gasteiger partial charge in [-0.2, -0.15) is 13.9 Å². The normalized spacial score (nSPS) is 17.7. The van der Waals surface area contributed by atoms with Gasteiger partial charge in [-0.1, -0.05) is 23.2 Å². The van der Waals surface area contributed by atoms with Crippen molar-refractivity contribution in [3.63, 3.8) is 0 Å². The number of hydrogen-bond donors (Lipinski definition) is 1. The van der Waals surface area contributed by atoms with Gasteiger partial charge in [0.05, 0.1) is 45.9 Å². The molecule has 0 saturated heterocycles. The zero-order chi connectivity index (χ0) is 28.5. The molecular formula is C26H24Cl2F4N4O3. The molecule has 1 N–H and O–H groups in total. The monoisotopic (exact) mass is 586 g/mol. The van der Waals surface area contributed by atoms with Crippen LogP contribution in [0.3, 0.4) is 0 Å². The van der Waals surface area contributed by atoms with Crippen LogP contribution in [-0.4, -0.2) is 43.2 Å². The number of carboxylic acids is 1. The Kier molecular flexibility index (Phi) is 8.51. The van der Waals surface area contributed by atoms with Crippen LogP contribution in [0.15, 0.2) is 36.8 Å². The summed E-state index contributed by atoms with van der Waals surface area (Å²) in [5, 5.41) is 12.7. The standard InChI is InChI=1S/C26H24Cl2F4N4O3/c1-14-20(9-34-36(14)19-4-2-16(3-5-19)25(38)39)24(37)35(12-15-6-17(29)8-18(30)7-15)13-26(31,32)23-21(27)10-33-11-22(23)28/h6-11,16,19H,2-5,12-13H2,1H3,(H,38,39). The summed E-state index contributed by atoms with van der Waals surface area (Å²) in [6.45, 7) is -0.141. The van der Waals surface area contributed by atoms with Gasteiger partial charge in [0, 0.05) is 30.7 Å². The molecule has 2 heterocycles. The number of carboxylic acid groups (broad SMARTS) is 1. The van der Waals surface area contributed by atoms with Crippen LogP contribution >= 0.6 is 23.2 Å². The van der Waals surface area contributed by atoms with Crippen molar-refractivity contribution in [2.45, 2.75) is 51.1 Å². The highest BCUT2D eigenvalue weighted by atomic mass is 35.5. The zero-order valence-electron chi connectivity index (χ0n) is 20.7. The molecular weight excluding hydrogens is 563 g/mol. The molecule has 0 aliphatic heterocycles. The number of amides is 1. The van der Waals surface area contributed by atoms with E-state index in [9.17, 15) is 23.5 Å². The lowest BCUT2D eigenvalue weighted by molar-refractivity contribution is -0.143. The largest absolute Gasteiger partial charge is 0.481 e. The average Bonchev–Trinajstić information content (AvgIpc) is 3.23. The van der Waals surface area contributed by atoms with E-state index in [-0.39, 0.29) is 17.2 Å². The molecule has 1 aromatic carbocycles. The number of alkyl halides is 2. The van der Waals surface area contributed by atoms with E-state index >= 15 is 8.78 Å². The molecule has 0 bridgehead atoms. The fourth-order valence-electron chi connectivity index (χ4n) is 4.94. The van der Waals surface area contributed by atoms with E-state index in [1.807, 2.05) is 0 Å². The number of carbonyl (C=O) groups is 2. The highest BCUT2D eigenvalue weighted by molar-refractivity contribution is 6.35. The Hall–Kier alpha value is -3.18. The molecule has 1 saturated carbocycles. The topological polar surface area (TPSA) is 88.3 Å². The second-order valence-corrected chi connectivity index (χ2v) is 10.4. The Morgan fingerprint density at radius 1 is 1.05 bits per heavy atom. The van der Waals surface area contributed by atoms with Gasteiger partial charge in [0.25, 0.3) is 11.8 Å². The Morgan fingerprint density at radius 3 is 2.21 bits per heavy atom. The molecule has 1 amide bonds. The Balaban J connectivity index is 1.66. The molecule has 0 atom stereocenters. The van der Waals surface area contributed by atoms with Crippen LogP contribution < -0.4 is 0 Å². The van der Waals surface area contributed by atoms with Gasteiger partial charge in [-0.3, -0.25) is 19.3 Å². The minimum absolute atomic E-state index is 0.0231. The van der Waals surface area contributed by atoms with Crippen LogP contribution in [0, 0.1) is 24.5 Å². The number of pyridine rings is 1. The first-order chi connectivity index (χ1) is 18.4. The first-order valence-corrected chi connectivity index (χ1v) is 12.8. The fraction of sp³-hybridized carbons (Fsp3) is 0.385. The summed E-state index contributed by atoms with van der Waals surface area (Å²) in [5.41, 5.74) is -0.347. The second kappa shape index (κ2) is 11.5. The molecule has 208 valence electrons. The first kappa shape index (κ1) is 28.8. The highest BCUT2D eigenvalue weighted by Crippen LogP contribution is 2.39. The Labute approximate surface area is 231 Å². The number of nitrogens with zero attached hydrogens (tertiary/aromatic N) is 4. The fourth-order valence-corrected chi connectivity index (χ4v) is 5.58. The average molecular weight is 587 g/mol. The third-order valence-electron chi connectivity index (χ3n) is 6.86. The molecule has 0 spiro atoms. The van der Waals surface area contributed by atoms with Gasteiger partial charge < -0.3 is 10.0 Å². The van der Waals surface area contributed by atoms with Crippen LogP contribution in [0.25, 0.3) is 0 Å². The number of benzene rings is 1. The maximum absolute atomic E-state index is 15.6. The van der Waals surface area contributed by atoms with Crippen LogP contribution in [0.4, 0.5) is 17.6 Å². The second-order valence-electron chi connectivity index (χ2n) is 9.55. The number of hydrogen-bond acceptors (Lipinski definition) is 4.